The highest BCUT2D eigenvalue weighted by Gasteiger charge is 2.77. The van der Waals surface area contributed by atoms with Crippen molar-refractivity contribution < 1.29 is 47.6 Å². The summed E-state index contributed by atoms with van der Waals surface area (Å²) in [5.74, 6) is -6.38. The van der Waals surface area contributed by atoms with Gasteiger partial charge in [-0.1, -0.05) is 0 Å². The Kier molecular flexibility index (Phi) is 2.98. The number of hydrogen-bond acceptors (Lipinski definition) is 4. The summed E-state index contributed by atoms with van der Waals surface area (Å²) in [5, 5.41) is -11.2. The number of halogens is 7. The lowest BCUT2D eigenvalue weighted by molar-refractivity contribution is -0.230. The number of hydrogen-bond donors (Lipinski definition) is 0. The molecule has 0 aromatic heterocycles. The molecule has 1 rings (SSSR count). The Morgan fingerprint density at radius 3 is 1.67 bits per heavy atom. The van der Waals surface area contributed by atoms with Crippen LogP contribution in [0, 0.1) is 0 Å². The van der Waals surface area contributed by atoms with Crippen LogP contribution in [0.25, 0.3) is 4.13 Å². The highest BCUT2D eigenvalue weighted by Crippen LogP contribution is 2.55. The molecular weight excluding hydrogens is 323 g/mol. The van der Waals surface area contributed by atoms with Crippen LogP contribution >= 0.6 is 0 Å². The Bertz CT molecular complexity index is 561. The molecular formula is C4HF7NO4S2-. The van der Waals surface area contributed by atoms with E-state index in [1.807, 2.05) is 0 Å². The van der Waals surface area contributed by atoms with Crippen molar-refractivity contribution in [3.63, 3.8) is 0 Å². The summed E-state index contributed by atoms with van der Waals surface area (Å²) in [6.45, 7) is 0. The first-order valence-electron chi connectivity index (χ1n) is 3.62. The van der Waals surface area contributed by atoms with Crippen LogP contribution < -0.4 is 0 Å². The van der Waals surface area contributed by atoms with E-state index in [0.29, 0.717) is 0 Å². The molecule has 1 atom stereocenters. The third-order valence-corrected chi connectivity index (χ3v) is 5.53. The minimum Gasteiger partial charge on any atom is -0.430 e. The van der Waals surface area contributed by atoms with Gasteiger partial charge in [-0.05, 0) is 0 Å². The molecule has 1 heterocycles. The fourth-order valence-corrected chi connectivity index (χ4v) is 4.32. The molecule has 18 heavy (non-hydrogen) atoms. The zero-order chi connectivity index (χ0) is 14.8. The van der Waals surface area contributed by atoms with Gasteiger partial charge in [0.1, 0.15) is 10.0 Å². The fourth-order valence-electron chi connectivity index (χ4n) is 1.11. The smallest absolute Gasteiger partial charge is 0.410 e. The van der Waals surface area contributed by atoms with E-state index in [1.54, 1.807) is 0 Å². The lowest BCUT2D eigenvalue weighted by Crippen LogP contribution is -2.64. The van der Waals surface area contributed by atoms with Crippen LogP contribution in [0.4, 0.5) is 30.7 Å². The van der Waals surface area contributed by atoms with E-state index in [2.05, 4.69) is 0 Å². The second kappa shape index (κ2) is 3.47. The lowest BCUT2D eigenvalue weighted by atomic mass is 10.2. The average molecular weight is 324 g/mol. The van der Waals surface area contributed by atoms with Crippen LogP contribution in [0.15, 0.2) is 0 Å². The fraction of sp³-hybridized carbons (Fsp3) is 1.00. The van der Waals surface area contributed by atoms with E-state index in [0.717, 1.165) is 0 Å². The molecule has 1 aliphatic rings. The van der Waals surface area contributed by atoms with Gasteiger partial charge < -0.3 is 4.13 Å². The first-order valence-corrected chi connectivity index (χ1v) is 6.57. The number of alkyl halides is 7. The summed E-state index contributed by atoms with van der Waals surface area (Å²) in [6.07, 6.45) is -6.31. The maximum absolute atomic E-state index is 12.8. The van der Waals surface area contributed by atoms with Crippen LogP contribution in [-0.2, 0) is 20.0 Å². The zero-order valence-electron chi connectivity index (χ0n) is 7.62. The molecule has 0 amide bonds. The molecule has 0 saturated carbocycles. The highest BCUT2D eigenvalue weighted by atomic mass is 32.3. The van der Waals surface area contributed by atoms with E-state index >= 15 is 0 Å². The van der Waals surface area contributed by atoms with E-state index in [1.165, 1.54) is 4.13 Å². The van der Waals surface area contributed by atoms with E-state index < -0.39 is 42.6 Å². The number of sulfonamides is 2. The molecule has 5 nitrogen and oxygen atoms in total. The first-order chi connectivity index (χ1) is 7.57. The molecule has 1 fully saturated rings. The van der Waals surface area contributed by atoms with Gasteiger partial charge in [0.05, 0.1) is 0 Å². The lowest BCUT2D eigenvalue weighted by Gasteiger charge is -2.43. The van der Waals surface area contributed by atoms with E-state index in [-0.39, 0.29) is 0 Å². The minimum absolute atomic E-state index is 1.24. The SMILES string of the molecule is O=S1(=O)[N-]S(=O)(=O)C(F)(F)C(F)(F)C1C(F)(F)F. The Labute approximate surface area is 95.1 Å². The summed E-state index contributed by atoms with van der Waals surface area (Å²) in [6, 6.07) is 0. The molecule has 0 aromatic rings. The molecule has 0 bridgehead atoms. The van der Waals surface area contributed by atoms with Gasteiger partial charge in [-0.15, -0.1) is 0 Å². The molecule has 0 spiro atoms. The summed E-state index contributed by atoms with van der Waals surface area (Å²) in [4.78, 5) is 0. The first kappa shape index (κ1) is 15.4. The standard InChI is InChI=1S/C4HF7NO4S2/c5-2(6)1(3(7,8)9)17(13,14)12-18(15,16)4(2,10)11/h1H/q-1. The summed E-state index contributed by atoms with van der Waals surface area (Å²) >= 11 is 0. The van der Waals surface area contributed by atoms with Crippen LogP contribution in [0.1, 0.15) is 0 Å². The molecule has 0 N–H and O–H groups in total. The number of rotatable bonds is 0. The maximum atomic E-state index is 12.8. The molecule has 0 aliphatic carbocycles. The predicted molar refractivity (Wildman–Crippen MR) is 40.9 cm³/mol. The Hall–Kier alpha value is -0.630. The van der Waals surface area contributed by atoms with Crippen molar-refractivity contribution in [1.82, 2.24) is 0 Å². The summed E-state index contributed by atoms with van der Waals surface area (Å²) < 4.78 is 131. The van der Waals surface area contributed by atoms with Gasteiger partial charge in [0.25, 0.3) is 0 Å². The van der Waals surface area contributed by atoms with Gasteiger partial charge in [0.2, 0.25) is 5.25 Å². The molecule has 1 saturated heterocycles. The molecule has 108 valence electrons. The van der Waals surface area contributed by atoms with E-state index in [9.17, 15) is 47.6 Å². The van der Waals surface area contributed by atoms with Crippen molar-refractivity contribution in [2.24, 2.45) is 0 Å². The van der Waals surface area contributed by atoms with Crippen molar-refractivity contribution in [1.29, 1.82) is 0 Å². The monoisotopic (exact) mass is 324 g/mol. The Morgan fingerprint density at radius 2 is 1.33 bits per heavy atom. The Balaban J connectivity index is 3.67. The van der Waals surface area contributed by atoms with E-state index in [4.69, 9.17) is 0 Å². The third-order valence-electron chi connectivity index (χ3n) is 1.84. The van der Waals surface area contributed by atoms with Gasteiger partial charge >= 0.3 is 17.4 Å². The van der Waals surface area contributed by atoms with Gasteiger partial charge in [0.15, 0.2) is 10.0 Å². The average Bonchev–Trinajstić information content (AvgIpc) is 1.93. The van der Waals surface area contributed by atoms with Gasteiger partial charge in [-0.25, -0.2) is 16.8 Å². The quantitative estimate of drug-likeness (QED) is 0.627. The van der Waals surface area contributed by atoms with Crippen molar-refractivity contribution in [2.75, 3.05) is 0 Å². The molecule has 1 unspecified atom stereocenters. The predicted octanol–water partition coefficient (Wildman–Crippen LogP) is 1.19. The second-order valence-corrected chi connectivity index (χ2v) is 6.69. The van der Waals surface area contributed by atoms with Crippen molar-refractivity contribution in [2.45, 2.75) is 22.6 Å². The third kappa shape index (κ3) is 1.85. The van der Waals surface area contributed by atoms with Crippen molar-refractivity contribution in [3.05, 3.63) is 4.13 Å². The summed E-state index contributed by atoms with van der Waals surface area (Å²) in [7, 11) is -13.0. The van der Waals surface area contributed by atoms with Gasteiger partial charge in [0, 0.05) is 0 Å². The zero-order valence-corrected chi connectivity index (χ0v) is 9.25. The maximum Gasteiger partial charge on any atom is 0.410 e. The van der Waals surface area contributed by atoms with Crippen molar-refractivity contribution >= 4 is 20.0 Å². The van der Waals surface area contributed by atoms with Gasteiger partial charge in [-0.3, -0.25) is 0 Å². The highest BCUT2D eigenvalue weighted by molar-refractivity contribution is 8.13. The number of nitrogens with zero attached hydrogens (tertiary/aromatic N) is 1. The van der Waals surface area contributed by atoms with Crippen molar-refractivity contribution in [3.8, 4) is 0 Å². The van der Waals surface area contributed by atoms with Crippen LogP contribution in [0.2, 0.25) is 0 Å². The van der Waals surface area contributed by atoms with Crippen LogP contribution in [0.3, 0.4) is 0 Å². The molecule has 0 aromatic carbocycles. The largest absolute Gasteiger partial charge is 0.430 e. The molecule has 0 radical (unpaired) electrons. The Morgan fingerprint density at radius 1 is 0.944 bits per heavy atom. The van der Waals surface area contributed by atoms with Crippen LogP contribution in [-0.4, -0.2) is 39.4 Å². The molecule has 14 heteroatoms. The topological polar surface area (TPSA) is 82.4 Å². The minimum atomic E-state index is -6.62. The second-order valence-electron chi connectivity index (χ2n) is 3.13. The van der Waals surface area contributed by atoms with Gasteiger partial charge in [-0.2, -0.15) is 30.7 Å². The van der Waals surface area contributed by atoms with Crippen LogP contribution in [0.5, 0.6) is 0 Å². The summed E-state index contributed by atoms with van der Waals surface area (Å²) in [5.41, 5.74) is 0. The normalized spacial score (nSPS) is 32.9. The molecule has 1 aliphatic heterocycles.